The first-order valence-electron chi connectivity index (χ1n) is 6.59. The predicted octanol–water partition coefficient (Wildman–Crippen LogP) is 2.56. The fourth-order valence-electron chi connectivity index (χ4n) is 2.82. The standard InChI is InChI=1S/C15H17N3O/c1-18-12-6-3-5-11(10-16)14(12)17-13(18)9-15(19-2)7-4-8-15/h3,5-6H,4,7-9H2,1-2H3. The molecule has 4 heteroatoms. The van der Waals surface area contributed by atoms with E-state index in [2.05, 4.69) is 15.6 Å². The number of benzene rings is 1. The third-order valence-electron chi connectivity index (χ3n) is 4.30. The van der Waals surface area contributed by atoms with Crippen molar-refractivity contribution in [3.05, 3.63) is 29.6 Å². The minimum absolute atomic E-state index is 0.0397. The van der Waals surface area contributed by atoms with E-state index in [1.54, 1.807) is 7.11 Å². The lowest BCUT2D eigenvalue weighted by atomic mass is 9.77. The van der Waals surface area contributed by atoms with Gasteiger partial charge in [0.05, 0.1) is 16.7 Å². The molecule has 0 atom stereocenters. The minimum atomic E-state index is -0.0397. The highest BCUT2D eigenvalue weighted by Gasteiger charge is 2.38. The summed E-state index contributed by atoms with van der Waals surface area (Å²) < 4.78 is 7.75. The van der Waals surface area contributed by atoms with Crippen LogP contribution in [0.2, 0.25) is 0 Å². The molecule has 19 heavy (non-hydrogen) atoms. The molecule has 1 aliphatic rings. The van der Waals surface area contributed by atoms with Gasteiger partial charge in [-0.15, -0.1) is 0 Å². The lowest BCUT2D eigenvalue weighted by Crippen LogP contribution is -2.41. The molecule has 4 nitrogen and oxygen atoms in total. The number of fused-ring (bicyclic) bond motifs is 1. The molecule has 0 saturated heterocycles. The highest BCUT2D eigenvalue weighted by atomic mass is 16.5. The number of hydrogen-bond donors (Lipinski definition) is 0. The zero-order valence-electron chi connectivity index (χ0n) is 11.3. The smallest absolute Gasteiger partial charge is 0.112 e. The van der Waals surface area contributed by atoms with Crippen molar-refractivity contribution >= 4 is 11.0 Å². The van der Waals surface area contributed by atoms with Gasteiger partial charge >= 0.3 is 0 Å². The lowest BCUT2D eigenvalue weighted by Gasteiger charge is -2.40. The molecule has 2 aromatic rings. The van der Waals surface area contributed by atoms with Gasteiger partial charge < -0.3 is 9.30 Å². The van der Waals surface area contributed by atoms with Gasteiger partial charge in [0.2, 0.25) is 0 Å². The molecule has 0 unspecified atom stereocenters. The zero-order chi connectivity index (χ0) is 13.5. The van der Waals surface area contributed by atoms with Crippen LogP contribution in [0.1, 0.15) is 30.7 Å². The molecule has 1 aliphatic carbocycles. The fraction of sp³-hybridized carbons (Fsp3) is 0.467. The Bertz CT molecular complexity index is 656. The van der Waals surface area contributed by atoms with Gasteiger partial charge in [0, 0.05) is 20.6 Å². The van der Waals surface area contributed by atoms with E-state index in [1.807, 2.05) is 25.2 Å². The van der Waals surface area contributed by atoms with Crippen LogP contribution >= 0.6 is 0 Å². The van der Waals surface area contributed by atoms with Crippen LogP contribution < -0.4 is 0 Å². The van der Waals surface area contributed by atoms with Gasteiger partial charge in [-0.3, -0.25) is 0 Å². The Balaban J connectivity index is 2.05. The first-order valence-corrected chi connectivity index (χ1v) is 6.59. The molecule has 0 aliphatic heterocycles. The Labute approximate surface area is 112 Å². The number of methoxy groups -OCH3 is 1. The van der Waals surface area contributed by atoms with E-state index in [1.165, 1.54) is 6.42 Å². The number of nitrogens with zero attached hydrogens (tertiary/aromatic N) is 3. The van der Waals surface area contributed by atoms with E-state index in [0.717, 1.165) is 36.1 Å². The van der Waals surface area contributed by atoms with Crippen LogP contribution in [0.4, 0.5) is 0 Å². The van der Waals surface area contributed by atoms with Crippen LogP contribution in [0.15, 0.2) is 18.2 Å². The van der Waals surface area contributed by atoms with Crippen LogP contribution in [0.3, 0.4) is 0 Å². The number of aryl methyl sites for hydroxylation is 1. The number of rotatable bonds is 3. The average molecular weight is 255 g/mol. The molecule has 0 N–H and O–H groups in total. The second kappa shape index (κ2) is 4.36. The first kappa shape index (κ1) is 12.2. The van der Waals surface area contributed by atoms with Crippen molar-refractivity contribution in [1.29, 1.82) is 5.26 Å². The molecule has 0 spiro atoms. The highest BCUT2D eigenvalue weighted by molar-refractivity contribution is 5.82. The predicted molar refractivity (Wildman–Crippen MR) is 72.7 cm³/mol. The molecule has 0 amide bonds. The van der Waals surface area contributed by atoms with Crippen LogP contribution in [-0.2, 0) is 18.2 Å². The number of para-hydroxylation sites is 1. The van der Waals surface area contributed by atoms with E-state index in [4.69, 9.17) is 10.00 Å². The molecular formula is C15H17N3O. The van der Waals surface area contributed by atoms with E-state index in [9.17, 15) is 0 Å². The fourth-order valence-corrected chi connectivity index (χ4v) is 2.82. The van der Waals surface area contributed by atoms with E-state index in [-0.39, 0.29) is 5.60 Å². The summed E-state index contributed by atoms with van der Waals surface area (Å²) in [5.74, 6) is 0.999. The Kier molecular flexibility index (Phi) is 2.79. The van der Waals surface area contributed by atoms with Crippen molar-refractivity contribution in [1.82, 2.24) is 9.55 Å². The topological polar surface area (TPSA) is 50.8 Å². The van der Waals surface area contributed by atoms with Crippen molar-refractivity contribution < 1.29 is 4.74 Å². The van der Waals surface area contributed by atoms with Gasteiger partial charge in [-0.1, -0.05) is 6.07 Å². The molecule has 1 heterocycles. The molecule has 0 bridgehead atoms. The van der Waals surface area contributed by atoms with E-state index in [0.29, 0.717) is 5.56 Å². The molecule has 98 valence electrons. The monoisotopic (exact) mass is 255 g/mol. The normalized spacial score (nSPS) is 17.1. The van der Waals surface area contributed by atoms with Crippen molar-refractivity contribution in [3.8, 4) is 6.07 Å². The zero-order valence-corrected chi connectivity index (χ0v) is 11.3. The van der Waals surface area contributed by atoms with Crippen molar-refractivity contribution in [2.24, 2.45) is 7.05 Å². The van der Waals surface area contributed by atoms with Gasteiger partial charge in [0.1, 0.15) is 17.4 Å². The van der Waals surface area contributed by atoms with Gasteiger partial charge in [0.15, 0.2) is 0 Å². The minimum Gasteiger partial charge on any atom is -0.378 e. The van der Waals surface area contributed by atoms with Gasteiger partial charge in [-0.05, 0) is 31.4 Å². The van der Waals surface area contributed by atoms with Crippen LogP contribution in [0, 0.1) is 11.3 Å². The molecule has 1 aromatic carbocycles. The Hall–Kier alpha value is -1.86. The lowest BCUT2D eigenvalue weighted by molar-refractivity contribution is -0.0724. The summed E-state index contributed by atoms with van der Waals surface area (Å²) >= 11 is 0. The third kappa shape index (κ3) is 1.82. The maximum absolute atomic E-state index is 9.15. The third-order valence-corrected chi connectivity index (χ3v) is 4.30. The van der Waals surface area contributed by atoms with Crippen LogP contribution in [0.25, 0.3) is 11.0 Å². The largest absolute Gasteiger partial charge is 0.378 e. The van der Waals surface area contributed by atoms with Crippen molar-refractivity contribution in [3.63, 3.8) is 0 Å². The summed E-state index contributed by atoms with van der Waals surface area (Å²) in [5.41, 5.74) is 2.41. The molecule has 3 rings (SSSR count). The molecule has 0 radical (unpaired) electrons. The Morgan fingerprint density at radius 1 is 1.47 bits per heavy atom. The quantitative estimate of drug-likeness (QED) is 0.847. The number of imidazole rings is 1. The van der Waals surface area contributed by atoms with Gasteiger partial charge in [0.25, 0.3) is 0 Å². The van der Waals surface area contributed by atoms with E-state index < -0.39 is 0 Å². The summed E-state index contributed by atoms with van der Waals surface area (Å²) in [6, 6.07) is 7.93. The summed E-state index contributed by atoms with van der Waals surface area (Å²) in [4.78, 5) is 4.66. The molecule has 1 fully saturated rings. The summed E-state index contributed by atoms with van der Waals surface area (Å²) in [5, 5.41) is 9.15. The van der Waals surface area contributed by atoms with E-state index >= 15 is 0 Å². The van der Waals surface area contributed by atoms with Gasteiger partial charge in [-0.2, -0.15) is 5.26 Å². The summed E-state index contributed by atoms with van der Waals surface area (Å²) in [6.07, 6.45) is 4.23. The molecule has 1 aromatic heterocycles. The average Bonchev–Trinajstić information content (AvgIpc) is 2.71. The van der Waals surface area contributed by atoms with Crippen LogP contribution in [0.5, 0.6) is 0 Å². The SMILES string of the molecule is COC1(Cc2nc3c(C#N)cccc3n2C)CCC1. The number of nitriles is 1. The van der Waals surface area contributed by atoms with Crippen molar-refractivity contribution in [2.75, 3.05) is 7.11 Å². The summed E-state index contributed by atoms with van der Waals surface area (Å²) in [7, 11) is 3.79. The number of ether oxygens (including phenoxy) is 1. The second-order valence-corrected chi connectivity index (χ2v) is 5.29. The maximum atomic E-state index is 9.15. The van der Waals surface area contributed by atoms with Crippen LogP contribution in [-0.4, -0.2) is 22.3 Å². The van der Waals surface area contributed by atoms with Gasteiger partial charge in [-0.25, -0.2) is 4.98 Å². The Morgan fingerprint density at radius 2 is 2.26 bits per heavy atom. The Morgan fingerprint density at radius 3 is 2.84 bits per heavy atom. The maximum Gasteiger partial charge on any atom is 0.112 e. The van der Waals surface area contributed by atoms with Crippen molar-refractivity contribution in [2.45, 2.75) is 31.3 Å². The molecule has 1 saturated carbocycles. The first-order chi connectivity index (χ1) is 9.19. The highest BCUT2D eigenvalue weighted by Crippen LogP contribution is 2.38. The number of aromatic nitrogens is 2. The molecular weight excluding hydrogens is 238 g/mol. The second-order valence-electron chi connectivity index (χ2n) is 5.29. The summed E-state index contributed by atoms with van der Waals surface area (Å²) in [6.45, 7) is 0. The number of hydrogen-bond acceptors (Lipinski definition) is 3.